The van der Waals surface area contributed by atoms with Crippen molar-refractivity contribution < 1.29 is 4.79 Å². The van der Waals surface area contributed by atoms with Crippen molar-refractivity contribution in [3.63, 3.8) is 0 Å². The van der Waals surface area contributed by atoms with Crippen molar-refractivity contribution >= 4 is 28.8 Å². The van der Waals surface area contributed by atoms with Crippen LogP contribution in [0.4, 0.5) is 5.82 Å². The number of nitrogens with zero attached hydrogens (tertiary/aromatic N) is 6. The molecule has 1 amide bonds. The van der Waals surface area contributed by atoms with Gasteiger partial charge < -0.3 is 11.1 Å². The lowest BCUT2D eigenvalue weighted by Gasteiger charge is -2.09. The van der Waals surface area contributed by atoms with Gasteiger partial charge in [-0.2, -0.15) is 10.2 Å². The van der Waals surface area contributed by atoms with Crippen LogP contribution in [0.25, 0.3) is 11.3 Å². The fraction of sp³-hybridized carbons (Fsp3) is 0.118. The Morgan fingerprint density at radius 3 is 2.89 bits per heavy atom. The second kappa shape index (κ2) is 6.69. The lowest BCUT2D eigenvalue weighted by Crippen LogP contribution is -2.26. The average Bonchev–Trinajstić information content (AvgIpc) is 3.27. The van der Waals surface area contributed by atoms with Crippen molar-refractivity contribution in [2.75, 3.05) is 5.73 Å². The zero-order valence-electron chi connectivity index (χ0n) is 14.3. The first-order chi connectivity index (χ1) is 13.0. The Balaban J connectivity index is 1.56. The van der Waals surface area contributed by atoms with Crippen LogP contribution in [0.1, 0.15) is 21.6 Å². The molecule has 4 aromatic heterocycles. The zero-order valence-corrected chi connectivity index (χ0v) is 15.1. The van der Waals surface area contributed by atoms with Gasteiger partial charge in [-0.15, -0.1) is 0 Å². The number of halogens is 1. The summed E-state index contributed by atoms with van der Waals surface area (Å²) in [6.45, 7) is 2.15. The highest BCUT2D eigenvalue weighted by Crippen LogP contribution is 2.20. The molecule has 4 heterocycles. The van der Waals surface area contributed by atoms with E-state index in [1.807, 2.05) is 31.3 Å². The molecule has 136 valence electrons. The monoisotopic (exact) mass is 382 g/mol. The molecule has 0 aromatic carbocycles. The third-order valence-corrected chi connectivity index (χ3v) is 4.21. The van der Waals surface area contributed by atoms with E-state index < -0.39 is 5.91 Å². The number of aryl methyl sites for hydroxylation is 1. The number of nitrogens with one attached hydrogen (secondary N) is 1. The van der Waals surface area contributed by atoms with Gasteiger partial charge >= 0.3 is 0 Å². The molecule has 27 heavy (non-hydrogen) atoms. The van der Waals surface area contributed by atoms with Crippen molar-refractivity contribution in [3.05, 3.63) is 65.0 Å². The normalized spacial score (nSPS) is 11.0. The van der Waals surface area contributed by atoms with Crippen molar-refractivity contribution in [2.45, 2.75) is 13.5 Å². The van der Waals surface area contributed by atoms with E-state index in [4.69, 9.17) is 17.3 Å². The number of aromatic nitrogens is 6. The molecule has 0 aliphatic heterocycles. The van der Waals surface area contributed by atoms with Crippen molar-refractivity contribution in [1.29, 1.82) is 0 Å². The Morgan fingerprint density at radius 2 is 2.11 bits per heavy atom. The van der Waals surface area contributed by atoms with Crippen LogP contribution in [-0.4, -0.2) is 35.3 Å². The van der Waals surface area contributed by atoms with Crippen LogP contribution in [0, 0.1) is 6.92 Å². The van der Waals surface area contributed by atoms with E-state index in [0.717, 1.165) is 16.6 Å². The number of nitrogens with two attached hydrogens (primary N) is 1. The maximum absolute atomic E-state index is 12.5. The topological polar surface area (TPSA) is 116 Å². The molecule has 4 aromatic rings. The third-order valence-electron chi connectivity index (χ3n) is 3.95. The van der Waals surface area contributed by atoms with Crippen LogP contribution in [0.2, 0.25) is 5.15 Å². The summed E-state index contributed by atoms with van der Waals surface area (Å²) in [6.07, 6.45) is 6.92. The molecule has 3 N–H and O–H groups in total. The van der Waals surface area contributed by atoms with Gasteiger partial charge in [0.2, 0.25) is 0 Å². The van der Waals surface area contributed by atoms with E-state index in [1.165, 1.54) is 4.68 Å². The summed E-state index contributed by atoms with van der Waals surface area (Å²) < 4.78 is 3.19. The maximum Gasteiger partial charge on any atom is 0.274 e. The van der Waals surface area contributed by atoms with Crippen molar-refractivity contribution in [2.24, 2.45) is 0 Å². The maximum atomic E-state index is 12.5. The van der Waals surface area contributed by atoms with Crippen LogP contribution < -0.4 is 11.1 Å². The summed E-state index contributed by atoms with van der Waals surface area (Å²) in [5.74, 6) is -0.235. The molecule has 9 nitrogen and oxygen atoms in total. The van der Waals surface area contributed by atoms with E-state index in [9.17, 15) is 4.79 Å². The van der Waals surface area contributed by atoms with Gasteiger partial charge in [0.15, 0.2) is 22.5 Å². The van der Waals surface area contributed by atoms with Crippen LogP contribution in [-0.2, 0) is 6.54 Å². The molecule has 0 bridgehead atoms. The number of carbonyl (C=O) groups is 1. The smallest absolute Gasteiger partial charge is 0.274 e. The largest absolute Gasteiger partial charge is 0.382 e. The average molecular weight is 383 g/mol. The molecule has 0 spiro atoms. The van der Waals surface area contributed by atoms with E-state index in [-0.39, 0.29) is 29.0 Å². The van der Waals surface area contributed by atoms with E-state index in [1.54, 1.807) is 23.1 Å². The predicted molar refractivity (Wildman–Crippen MR) is 99.7 cm³/mol. The number of amides is 1. The number of anilines is 1. The number of pyridine rings is 1. The van der Waals surface area contributed by atoms with Gasteiger partial charge in [0, 0.05) is 24.5 Å². The first-order valence-electron chi connectivity index (χ1n) is 8.07. The van der Waals surface area contributed by atoms with Crippen molar-refractivity contribution in [3.8, 4) is 5.82 Å². The van der Waals surface area contributed by atoms with Crippen molar-refractivity contribution in [1.82, 2.24) is 34.7 Å². The minimum absolute atomic E-state index is 0.0279. The SMILES string of the molecule is Cc1cnn(-c2nc(N)c(C(=O)NCc3cnn4ccccc34)nc2Cl)c1. The summed E-state index contributed by atoms with van der Waals surface area (Å²) in [5, 5.41) is 11.2. The molecular weight excluding hydrogens is 368 g/mol. The Bertz CT molecular complexity index is 1150. The summed E-state index contributed by atoms with van der Waals surface area (Å²) in [5.41, 5.74) is 8.59. The fourth-order valence-corrected chi connectivity index (χ4v) is 2.86. The lowest BCUT2D eigenvalue weighted by molar-refractivity contribution is 0.0946. The highest BCUT2D eigenvalue weighted by atomic mass is 35.5. The van der Waals surface area contributed by atoms with Gasteiger partial charge in [-0.25, -0.2) is 19.2 Å². The molecule has 0 saturated heterocycles. The minimum atomic E-state index is -0.472. The molecule has 0 saturated carbocycles. The summed E-state index contributed by atoms with van der Waals surface area (Å²) >= 11 is 6.18. The first-order valence-corrected chi connectivity index (χ1v) is 8.45. The Labute approximate surface area is 158 Å². The number of rotatable bonds is 4. The molecule has 0 atom stereocenters. The fourth-order valence-electron chi connectivity index (χ4n) is 2.64. The molecule has 10 heteroatoms. The van der Waals surface area contributed by atoms with Gasteiger partial charge in [-0.1, -0.05) is 17.7 Å². The highest BCUT2D eigenvalue weighted by molar-refractivity contribution is 6.31. The lowest BCUT2D eigenvalue weighted by atomic mass is 10.2. The molecule has 4 rings (SSSR count). The predicted octanol–water partition coefficient (Wildman–Crippen LogP) is 1.78. The molecular formula is C17H15ClN8O. The van der Waals surface area contributed by atoms with Gasteiger partial charge in [0.1, 0.15) is 0 Å². The summed E-state index contributed by atoms with van der Waals surface area (Å²) in [6, 6.07) is 5.70. The molecule has 0 aliphatic rings. The standard InChI is InChI=1S/C17H15ClN8O/c1-10-6-21-26(9-10)16-14(18)23-13(15(19)24-16)17(27)20-7-11-8-22-25-5-3-2-4-12(11)25/h2-6,8-9H,7H2,1H3,(H2,19,24)(H,20,27). The van der Waals surface area contributed by atoms with Gasteiger partial charge in [0.05, 0.1) is 17.9 Å². The summed E-state index contributed by atoms with van der Waals surface area (Å²) in [7, 11) is 0. The Morgan fingerprint density at radius 1 is 1.26 bits per heavy atom. The Hall–Kier alpha value is -3.46. The minimum Gasteiger partial charge on any atom is -0.382 e. The van der Waals surface area contributed by atoms with Gasteiger partial charge in [-0.05, 0) is 24.6 Å². The number of hydrogen-bond acceptors (Lipinski definition) is 6. The molecule has 0 unspecified atom stereocenters. The quantitative estimate of drug-likeness (QED) is 0.555. The van der Waals surface area contributed by atoms with E-state index in [0.29, 0.717) is 0 Å². The highest BCUT2D eigenvalue weighted by Gasteiger charge is 2.18. The van der Waals surface area contributed by atoms with Crippen LogP contribution in [0.15, 0.2) is 43.0 Å². The van der Waals surface area contributed by atoms with E-state index >= 15 is 0 Å². The number of hydrogen-bond donors (Lipinski definition) is 2. The first kappa shape index (κ1) is 17.0. The third kappa shape index (κ3) is 3.20. The van der Waals surface area contributed by atoms with E-state index in [2.05, 4.69) is 25.5 Å². The second-order valence-electron chi connectivity index (χ2n) is 5.92. The zero-order chi connectivity index (χ0) is 19.0. The summed E-state index contributed by atoms with van der Waals surface area (Å²) in [4.78, 5) is 20.8. The van der Waals surface area contributed by atoms with Crippen LogP contribution in [0.5, 0.6) is 0 Å². The Kier molecular flexibility index (Phi) is 4.21. The molecule has 0 radical (unpaired) electrons. The molecule has 0 fully saturated rings. The van der Waals surface area contributed by atoms with Gasteiger partial charge in [-0.3, -0.25) is 4.79 Å². The number of nitrogen functional groups attached to an aromatic ring is 1. The van der Waals surface area contributed by atoms with Crippen LogP contribution >= 0.6 is 11.6 Å². The molecule has 0 aliphatic carbocycles. The van der Waals surface area contributed by atoms with Crippen LogP contribution in [0.3, 0.4) is 0 Å². The number of carbonyl (C=O) groups excluding carboxylic acids is 1. The van der Waals surface area contributed by atoms with Gasteiger partial charge in [0.25, 0.3) is 5.91 Å². The number of fused-ring (bicyclic) bond motifs is 1. The second-order valence-corrected chi connectivity index (χ2v) is 6.28.